The summed E-state index contributed by atoms with van der Waals surface area (Å²) < 4.78 is 0. The van der Waals surface area contributed by atoms with E-state index in [9.17, 15) is 0 Å². The fourth-order valence-electron chi connectivity index (χ4n) is 4.36. The lowest BCUT2D eigenvalue weighted by molar-refractivity contribution is -0.375. The van der Waals surface area contributed by atoms with Crippen LogP contribution >= 0.6 is 0 Å². The fourth-order valence-corrected chi connectivity index (χ4v) is 4.36. The predicted octanol–water partition coefficient (Wildman–Crippen LogP) is 3.42. The summed E-state index contributed by atoms with van der Waals surface area (Å²) in [6.45, 7) is 1.43. The number of nitriles is 1. The predicted molar refractivity (Wildman–Crippen MR) is 139 cm³/mol. The molecule has 4 heteroatoms. The Hall–Kier alpha value is -4.36. The second kappa shape index (κ2) is 12.5. The SMILES string of the molecule is CC#N.c1c[nH+]c[nH]1.c1ccc([B-](c2ccccc2)(c2ccccc2)c2ccccc2)cc1. The molecule has 3 nitrogen and oxygen atoms in total. The highest BCUT2D eigenvalue weighted by molar-refractivity contribution is 7.19. The van der Waals surface area contributed by atoms with Crippen LogP contribution in [0.5, 0.6) is 0 Å². The van der Waals surface area contributed by atoms with Crippen LogP contribution in [0.1, 0.15) is 6.92 Å². The minimum absolute atomic E-state index is 1.22. The van der Waals surface area contributed by atoms with Crippen molar-refractivity contribution in [2.75, 3.05) is 0 Å². The molecule has 0 spiro atoms. The quantitative estimate of drug-likeness (QED) is 0.438. The van der Waals surface area contributed by atoms with E-state index in [0.717, 1.165) is 0 Å². The normalized spacial score (nSPS) is 9.94. The van der Waals surface area contributed by atoms with Crippen molar-refractivity contribution in [3.8, 4) is 6.07 Å². The van der Waals surface area contributed by atoms with Gasteiger partial charge in [-0.05, 0) is 0 Å². The Labute approximate surface area is 196 Å². The van der Waals surface area contributed by atoms with Crippen molar-refractivity contribution >= 4 is 28.0 Å². The maximum absolute atomic E-state index is 7.32. The topological polar surface area (TPSA) is 53.7 Å². The van der Waals surface area contributed by atoms with Crippen LogP contribution in [-0.4, -0.2) is 11.1 Å². The molecule has 1 aromatic heterocycles. The number of imidazole rings is 1. The number of H-pyrrole nitrogens is 2. The van der Waals surface area contributed by atoms with Crippen LogP contribution < -0.4 is 26.8 Å². The molecule has 5 aromatic rings. The number of hydrogen-bond donors (Lipinski definition) is 1. The van der Waals surface area contributed by atoms with E-state index in [1.807, 2.05) is 12.4 Å². The number of nitrogens with zero attached hydrogens (tertiary/aromatic N) is 1. The first-order chi connectivity index (χ1) is 16.3. The molecule has 0 saturated carbocycles. The van der Waals surface area contributed by atoms with E-state index in [0.29, 0.717) is 0 Å². The Morgan fingerprint density at radius 1 is 0.606 bits per heavy atom. The molecule has 0 saturated heterocycles. The summed E-state index contributed by atoms with van der Waals surface area (Å²) >= 11 is 0. The van der Waals surface area contributed by atoms with Gasteiger partial charge in [0, 0.05) is 6.92 Å². The van der Waals surface area contributed by atoms with Gasteiger partial charge in [0.05, 0.1) is 6.07 Å². The molecule has 0 fully saturated rings. The Morgan fingerprint density at radius 2 is 0.909 bits per heavy atom. The molecule has 0 amide bonds. The van der Waals surface area contributed by atoms with Gasteiger partial charge in [0.15, 0.2) is 0 Å². The molecule has 0 unspecified atom stereocenters. The molecule has 4 aromatic carbocycles. The second-order valence-corrected chi connectivity index (χ2v) is 7.54. The van der Waals surface area contributed by atoms with Crippen LogP contribution in [-0.2, 0) is 0 Å². The Balaban J connectivity index is 0.000000328. The van der Waals surface area contributed by atoms with E-state index in [4.69, 9.17) is 5.26 Å². The molecule has 162 valence electrons. The number of aromatic amines is 2. The molecule has 0 radical (unpaired) electrons. The number of benzene rings is 4. The smallest absolute Gasteiger partial charge is 0.239 e. The van der Waals surface area contributed by atoms with Gasteiger partial charge in [0.25, 0.3) is 0 Å². The lowest BCUT2D eigenvalue weighted by Crippen LogP contribution is -2.74. The minimum Gasteiger partial charge on any atom is -0.250 e. The standard InChI is InChI=1S/C24H20B.C3H4N2.C2H3N/c1-5-13-21(14-6-1)25(22-15-7-2-8-16-22,23-17-9-3-10-18-23)24-19-11-4-12-20-24;1-2-5-3-4-1;1-2-3/h1-20H;1-3H,(H,4,5);1H3/q-1;;/p+1. The zero-order chi connectivity index (χ0) is 23.2. The zero-order valence-corrected chi connectivity index (χ0v) is 18.8. The summed E-state index contributed by atoms with van der Waals surface area (Å²) in [5, 5.41) is 7.32. The molecule has 33 heavy (non-hydrogen) atoms. The second-order valence-electron chi connectivity index (χ2n) is 7.54. The van der Waals surface area contributed by atoms with Gasteiger partial charge in [-0.2, -0.15) is 27.1 Å². The van der Waals surface area contributed by atoms with Gasteiger partial charge < -0.3 is 0 Å². The van der Waals surface area contributed by atoms with E-state index >= 15 is 0 Å². The highest BCUT2D eigenvalue weighted by atomic mass is 14.8. The average molecular weight is 429 g/mol. The van der Waals surface area contributed by atoms with Crippen LogP contribution in [0.15, 0.2) is 140 Å². The van der Waals surface area contributed by atoms with Crippen LogP contribution in [0.2, 0.25) is 0 Å². The Kier molecular flexibility index (Phi) is 8.82. The Bertz CT molecular complexity index is 1020. The van der Waals surface area contributed by atoms with E-state index in [-0.39, 0.29) is 0 Å². The number of hydrogen-bond acceptors (Lipinski definition) is 1. The van der Waals surface area contributed by atoms with Crippen LogP contribution in [0, 0.1) is 11.3 Å². The maximum Gasteiger partial charge on any atom is 0.239 e. The molecule has 0 aliphatic rings. The number of rotatable bonds is 4. The molecule has 0 aliphatic carbocycles. The summed E-state index contributed by atoms with van der Waals surface area (Å²) in [5.74, 6) is 0. The first-order valence-corrected chi connectivity index (χ1v) is 11.0. The van der Waals surface area contributed by atoms with E-state index in [2.05, 4.69) is 131 Å². The third kappa shape index (κ3) is 5.67. The summed E-state index contributed by atoms with van der Waals surface area (Å²) in [7, 11) is 0. The molecule has 1 heterocycles. The van der Waals surface area contributed by atoms with Crippen molar-refractivity contribution in [1.29, 1.82) is 5.26 Å². The van der Waals surface area contributed by atoms with Crippen molar-refractivity contribution in [3.05, 3.63) is 140 Å². The summed E-state index contributed by atoms with van der Waals surface area (Å²) in [5.41, 5.74) is 5.36. The fraction of sp³-hybridized carbons (Fsp3) is 0.0345. The van der Waals surface area contributed by atoms with Gasteiger partial charge >= 0.3 is 0 Å². The first kappa shape index (κ1) is 23.3. The van der Waals surface area contributed by atoms with Gasteiger partial charge in [-0.1, -0.05) is 121 Å². The molecular formula is C29H28BN3. The van der Waals surface area contributed by atoms with Gasteiger partial charge in [-0.3, -0.25) is 9.97 Å². The monoisotopic (exact) mass is 429 g/mol. The first-order valence-electron chi connectivity index (χ1n) is 11.0. The number of aromatic nitrogens is 2. The van der Waals surface area contributed by atoms with Gasteiger partial charge in [-0.25, -0.2) is 0 Å². The molecule has 2 N–H and O–H groups in total. The van der Waals surface area contributed by atoms with Crippen molar-refractivity contribution in [2.45, 2.75) is 6.92 Å². The highest BCUT2D eigenvalue weighted by Gasteiger charge is 2.30. The zero-order valence-electron chi connectivity index (χ0n) is 18.8. The van der Waals surface area contributed by atoms with E-state index < -0.39 is 6.15 Å². The Morgan fingerprint density at radius 3 is 1.09 bits per heavy atom. The van der Waals surface area contributed by atoms with Crippen LogP contribution in [0.25, 0.3) is 0 Å². The summed E-state index contributed by atoms with van der Waals surface area (Å²) in [6.07, 6.45) is 4.17. The van der Waals surface area contributed by atoms with Crippen molar-refractivity contribution in [2.24, 2.45) is 0 Å². The molecule has 0 bridgehead atoms. The lowest BCUT2D eigenvalue weighted by atomic mass is 9.13. The lowest BCUT2D eigenvalue weighted by Gasteiger charge is -2.44. The molecular weight excluding hydrogens is 401 g/mol. The van der Waals surface area contributed by atoms with Gasteiger partial charge in [0.1, 0.15) is 18.5 Å². The molecule has 0 aliphatic heterocycles. The largest absolute Gasteiger partial charge is 0.250 e. The molecule has 5 rings (SSSR count). The van der Waals surface area contributed by atoms with E-state index in [1.165, 1.54) is 28.8 Å². The van der Waals surface area contributed by atoms with E-state index in [1.54, 1.807) is 12.4 Å². The van der Waals surface area contributed by atoms with Crippen LogP contribution in [0.4, 0.5) is 0 Å². The third-order valence-corrected chi connectivity index (χ3v) is 5.64. The minimum atomic E-state index is -1.22. The van der Waals surface area contributed by atoms with Crippen molar-refractivity contribution in [3.63, 3.8) is 0 Å². The van der Waals surface area contributed by atoms with Gasteiger partial charge in [-0.15, -0.1) is 0 Å². The van der Waals surface area contributed by atoms with Crippen molar-refractivity contribution in [1.82, 2.24) is 4.98 Å². The summed E-state index contributed by atoms with van der Waals surface area (Å²) in [6, 6.07) is 45.3. The summed E-state index contributed by atoms with van der Waals surface area (Å²) in [4.78, 5) is 5.61. The van der Waals surface area contributed by atoms with Gasteiger partial charge in [0.2, 0.25) is 6.33 Å². The van der Waals surface area contributed by atoms with Crippen molar-refractivity contribution < 1.29 is 4.98 Å². The third-order valence-electron chi connectivity index (χ3n) is 5.64. The maximum atomic E-state index is 7.32. The number of nitrogens with one attached hydrogen (secondary N) is 2. The van der Waals surface area contributed by atoms with Crippen LogP contribution in [0.3, 0.4) is 0 Å². The highest BCUT2D eigenvalue weighted by Crippen LogP contribution is 2.09. The average Bonchev–Trinajstić information content (AvgIpc) is 3.48. The molecule has 0 atom stereocenters.